The van der Waals surface area contributed by atoms with Crippen molar-refractivity contribution in [3.8, 4) is 0 Å². The number of carbonyl (C=O) groups excluding carboxylic acids is 3. The van der Waals surface area contributed by atoms with E-state index in [9.17, 15) is 14.4 Å². The predicted octanol–water partition coefficient (Wildman–Crippen LogP) is 1.46. The van der Waals surface area contributed by atoms with Crippen LogP contribution in [0.5, 0.6) is 0 Å². The van der Waals surface area contributed by atoms with Gasteiger partial charge < -0.3 is 19.0 Å². The lowest BCUT2D eigenvalue weighted by atomic mass is 10.1. The lowest BCUT2D eigenvalue weighted by Crippen LogP contribution is -2.37. The number of hydrogen-bond acceptors (Lipinski definition) is 6. The number of nitrogens with zero attached hydrogens (tertiary/aromatic N) is 3. The van der Waals surface area contributed by atoms with Gasteiger partial charge in [-0.05, 0) is 24.6 Å². The molecule has 0 aliphatic carbocycles. The molecular weight excluding hydrogens is 338 g/mol. The average Bonchev–Trinajstić information content (AvgIpc) is 2.99. The molecule has 1 aliphatic rings. The molecule has 1 aromatic carbocycles. The Kier molecular flexibility index (Phi) is 5.50. The Bertz CT molecular complexity index is 816. The minimum atomic E-state index is -0.396. The number of rotatable bonds is 4. The van der Waals surface area contributed by atoms with Gasteiger partial charge in [-0.15, -0.1) is 0 Å². The third-order valence-corrected chi connectivity index (χ3v) is 4.48. The van der Waals surface area contributed by atoms with Gasteiger partial charge >= 0.3 is 5.97 Å². The first-order chi connectivity index (χ1) is 12.6. The van der Waals surface area contributed by atoms with Gasteiger partial charge in [0, 0.05) is 38.2 Å². The van der Waals surface area contributed by atoms with Crippen LogP contribution in [-0.2, 0) is 14.3 Å². The quantitative estimate of drug-likeness (QED) is 0.767. The number of amides is 2. The number of carbonyl (C=O) groups is 3. The number of aromatic nitrogens is 1. The van der Waals surface area contributed by atoms with Gasteiger partial charge in [-0.2, -0.15) is 0 Å². The summed E-state index contributed by atoms with van der Waals surface area (Å²) in [6, 6.07) is 5.18. The molecule has 0 saturated carbocycles. The summed E-state index contributed by atoms with van der Waals surface area (Å²) in [5.41, 5.74) is 1.82. The highest BCUT2D eigenvalue weighted by Crippen LogP contribution is 2.17. The number of methoxy groups -OCH3 is 1. The van der Waals surface area contributed by atoms with Crippen LogP contribution in [0.2, 0.25) is 0 Å². The van der Waals surface area contributed by atoms with Crippen molar-refractivity contribution in [3.05, 3.63) is 30.2 Å². The Hall–Kier alpha value is -2.90. The van der Waals surface area contributed by atoms with Crippen molar-refractivity contribution in [2.24, 2.45) is 0 Å². The summed E-state index contributed by atoms with van der Waals surface area (Å²) in [6.45, 7) is 2.06. The van der Waals surface area contributed by atoms with E-state index in [1.165, 1.54) is 13.5 Å². The minimum Gasteiger partial charge on any atom is -0.469 e. The van der Waals surface area contributed by atoms with Gasteiger partial charge in [0.25, 0.3) is 5.91 Å². The van der Waals surface area contributed by atoms with Crippen molar-refractivity contribution in [3.63, 3.8) is 0 Å². The van der Waals surface area contributed by atoms with Gasteiger partial charge in [-0.3, -0.25) is 14.4 Å². The molecule has 0 unspecified atom stereocenters. The molecule has 138 valence electrons. The van der Waals surface area contributed by atoms with Crippen LogP contribution in [0.1, 0.15) is 29.6 Å². The van der Waals surface area contributed by atoms with E-state index in [1.807, 2.05) is 0 Å². The summed E-state index contributed by atoms with van der Waals surface area (Å²) in [4.78, 5) is 43.6. The zero-order valence-electron chi connectivity index (χ0n) is 14.6. The Morgan fingerprint density at radius 1 is 1.12 bits per heavy atom. The lowest BCUT2D eigenvalue weighted by Gasteiger charge is -2.22. The van der Waals surface area contributed by atoms with Crippen molar-refractivity contribution in [1.82, 2.24) is 14.8 Å². The van der Waals surface area contributed by atoms with E-state index < -0.39 is 5.97 Å². The standard InChI is InChI=1S/C18H21N3O5/c1-25-17(23)6-5-16(22)20-7-2-8-21(10-9-20)18(24)13-3-4-14-15(11-13)26-12-19-14/h3-4,11-12H,2,5-10H2,1H3. The summed E-state index contributed by atoms with van der Waals surface area (Å²) < 4.78 is 9.81. The maximum absolute atomic E-state index is 12.7. The maximum Gasteiger partial charge on any atom is 0.306 e. The normalized spacial score (nSPS) is 15.0. The molecule has 1 aliphatic heterocycles. The minimum absolute atomic E-state index is 0.0751. The Morgan fingerprint density at radius 3 is 2.69 bits per heavy atom. The van der Waals surface area contributed by atoms with Gasteiger partial charge in [0.2, 0.25) is 5.91 Å². The predicted molar refractivity (Wildman–Crippen MR) is 92.4 cm³/mol. The number of benzene rings is 1. The Balaban J connectivity index is 1.59. The van der Waals surface area contributed by atoms with Gasteiger partial charge in [0.15, 0.2) is 12.0 Å². The fraction of sp³-hybridized carbons (Fsp3) is 0.444. The zero-order valence-corrected chi connectivity index (χ0v) is 14.6. The summed E-state index contributed by atoms with van der Waals surface area (Å²) in [5, 5.41) is 0. The molecule has 0 bridgehead atoms. The number of fused-ring (bicyclic) bond motifs is 1. The second-order valence-corrected chi connectivity index (χ2v) is 6.14. The molecule has 2 amide bonds. The largest absolute Gasteiger partial charge is 0.469 e. The van der Waals surface area contributed by atoms with Crippen LogP contribution in [0.3, 0.4) is 0 Å². The smallest absolute Gasteiger partial charge is 0.306 e. The van der Waals surface area contributed by atoms with Crippen LogP contribution in [0.15, 0.2) is 29.0 Å². The Labute approximate surface area is 150 Å². The number of hydrogen-bond donors (Lipinski definition) is 0. The first-order valence-corrected chi connectivity index (χ1v) is 8.55. The molecular formula is C18H21N3O5. The van der Waals surface area contributed by atoms with Crippen molar-refractivity contribution in [1.29, 1.82) is 0 Å². The van der Waals surface area contributed by atoms with E-state index in [2.05, 4.69) is 9.72 Å². The van der Waals surface area contributed by atoms with Gasteiger partial charge in [0.05, 0.1) is 13.5 Å². The molecule has 1 aromatic heterocycles. The third kappa shape index (κ3) is 4.01. The summed E-state index contributed by atoms with van der Waals surface area (Å²) in [6.07, 6.45) is 2.25. The second kappa shape index (κ2) is 7.99. The average molecular weight is 359 g/mol. The molecule has 2 aromatic rings. The van der Waals surface area contributed by atoms with Crippen LogP contribution in [0, 0.1) is 0 Å². The van der Waals surface area contributed by atoms with E-state index in [0.29, 0.717) is 49.3 Å². The highest BCUT2D eigenvalue weighted by molar-refractivity contribution is 5.97. The van der Waals surface area contributed by atoms with Crippen molar-refractivity contribution in [2.75, 3.05) is 33.3 Å². The maximum atomic E-state index is 12.7. The highest BCUT2D eigenvalue weighted by atomic mass is 16.5. The SMILES string of the molecule is COC(=O)CCC(=O)N1CCCN(C(=O)c2ccc3ncoc3c2)CC1. The van der Waals surface area contributed by atoms with E-state index in [1.54, 1.807) is 28.0 Å². The fourth-order valence-electron chi connectivity index (χ4n) is 3.01. The highest BCUT2D eigenvalue weighted by Gasteiger charge is 2.23. The first kappa shape index (κ1) is 17.9. The summed E-state index contributed by atoms with van der Waals surface area (Å²) in [5.74, 6) is -0.576. The molecule has 0 spiro atoms. The van der Waals surface area contributed by atoms with Crippen LogP contribution in [-0.4, -0.2) is 65.9 Å². The molecule has 8 heteroatoms. The monoisotopic (exact) mass is 359 g/mol. The third-order valence-electron chi connectivity index (χ3n) is 4.48. The topological polar surface area (TPSA) is 93.0 Å². The van der Waals surface area contributed by atoms with E-state index >= 15 is 0 Å². The fourth-order valence-corrected chi connectivity index (χ4v) is 3.01. The van der Waals surface area contributed by atoms with Gasteiger partial charge in [-0.25, -0.2) is 4.98 Å². The van der Waals surface area contributed by atoms with Gasteiger partial charge in [0.1, 0.15) is 5.52 Å². The molecule has 0 atom stereocenters. The first-order valence-electron chi connectivity index (χ1n) is 8.55. The van der Waals surface area contributed by atoms with Crippen molar-refractivity contribution in [2.45, 2.75) is 19.3 Å². The lowest BCUT2D eigenvalue weighted by molar-refractivity contribution is -0.143. The number of oxazole rings is 1. The zero-order chi connectivity index (χ0) is 18.5. The number of ether oxygens (including phenoxy) is 1. The molecule has 8 nitrogen and oxygen atoms in total. The molecule has 3 rings (SSSR count). The van der Waals surface area contributed by atoms with E-state index in [-0.39, 0.29) is 24.7 Å². The van der Waals surface area contributed by atoms with Crippen molar-refractivity contribution >= 4 is 28.9 Å². The molecule has 1 fully saturated rings. The molecule has 1 saturated heterocycles. The summed E-state index contributed by atoms with van der Waals surface area (Å²) >= 11 is 0. The summed E-state index contributed by atoms with van der Waals surface area (Å²) in [7, 11) is 1.30. The van der Waals surface area contributed by atoms with Gasteiger partial charge in [-0.1, -0.05) is 0 Å². The second-order valence-electron chi connectivity index (χ2n) is 6.14. The van der Waals surface area contributed by atoms with E-state index in [4.69, 9.17) is 4.42 Å². The molecule has 0 radical (unpaired) electrons. The van der Waals surface area contributed by atoms with Crippen LogP contribution >= 0.6 is 0 Å². The molecule has 2 heterocycles. The van der Waals surface area contributed by atoms with Crippen LogP contribution in [0.4, 0.5) is 0 Å². The number of esters is 1. The molecule has 26 heavy (non-hydrogen) atoms. The van der Waals surface area contributed by atoms with E-state index in [0.717, 1.165) is 0 Å². The Morgan fingerprint density at radius 2 is 1.88 bits per heavy atom. The van der Waals surface area contributed by atoms with Crippen LogP contribution < -0.4 is 0 Å². The van der Waals surface area contributed by atoms with Crippen LogP contribution in [0.25, 0.3) is 11.1 Å². The molecule has 0 N–H and O–H groups in total. The van der Waals surface area contributed by atoms with Crippen molar-refractivity contribution < 1.29 is 23.5 Å².